The zero-order valence-electron chi connectivity index (χ0n) is 15.0. The monoisotopic (exact) mass is 325 g/mol. The predicted octanol–water partition coefficient (Wildman–Crippen LogP) is 2.61. The van der Waals surface area contributed by atoms with Crippen LogP contribution in [0.25, 0.3) is 0 Å². The van der Waals surface area contributed by atoms with Gasteiger partial charge in [-0.05, 0) is 18.3 Å². The van der Waals surface area contributed by atoms with Crippen LogP contribution in [0.1, 0.15) is 52.4 Å². The van der Waals surface area contributed by atoms with Crippen LogP contribution >= 0.6 is 0 Å². The van der Waals surface area contributed by atoms with E-state index < -0.39 is 0 Å². The maximum Gasteiger partial charge on any atom is 0.314 e. The van der Waals surface area contributed by atoms with Gasteiger partial charge >= 0.3 is 6.03 Å². The van der Waals surface area contributed by atoms with E-state index in [-0.39, 0.29) is 12.1 Å². The van der Waals surface area contributed by atoms with E-state index in [2.05, 4.69) is 29.4 Å². The Morgan fingerprint density at radius 2 is 2.00 bits per heavy atom. The Balaban J connectivity index is 1.54. The first-order valence-electron chi connectivity index (χ1n) is 9.49. The Morgan fingerprint density at radius 3 is 2.74 bits per heavy atom. The van der Waals surface area contributed by atoms with E-state index in [0.717, 1.165) is 45.1 Å². The number of carbonyl (C=O) groups excluding carboxylic acids is 1. The summed E-state index contributed by atoms with van der Waals surface area (Å²) in [5.41, 5.74) is 0. The molecule has 2 aliphatic rings. The zero-order valence-corrected chi connectivity index (χ0v) is 15.0. The Morgan fingerprint density at radius 1 is 1.22 bits per heavy atom. The Labute approximate surface area is 141 Å². The van der Waals surface area contributed by atoms with Crippen molar-refractivity contribution in [1.29, 1.82) is 0 Å². The van der Waals surface area contributed by atoms with Gasteiger partial charge in [0.25, 0.3) is 0 Å². The summed E-state index contributed by atoms with van der Waals surface area (Å²) >= 11 is 0. The van der Waals surface area contributed by atoms with Crippen molar-refractivity contribution in [2.45, 2.75) is 58.5 Å². The second-order valence-electron chi connectivity index (χ2n) is 7.58. The van der Waals surface area contributed by atoms with Gasteiger partial charge in [0.2, 0.25) is 0 Å². The lowest BCUT2D eigenvalue weighted by Crippen LogP contribution is -2.49. The minimum Gasteiger partial charge on any atom is -0.374 e. The van der Waals surface area contributed by atoms with Crippen molar-refractivity contribution in [2.75, 3.05) is 39.3 Å². The maximum absolute atomic E-state index is 11.9. The third-order valence-corrected chi connectivity index (χ3v) is 4.90. The number of morpholine rings is 1. The topological polar surface area (TPSA) is 53.6 Å². The van der Waals surface area contributed by atoms with Crippen LogP contribution in [-0.4, -0.2) is 56.4 Å². The molecule has 2 rings (SSSR count). The van der Waals surface area contributed by atoms with Gasteiger partial charge in [0, 0.05) is 32.7 Å². The fourth-order valence-electron chi connectivity index (χ4n) is 3.72. The van der Waals surface area contributed by atoms with Gasteiger partial charge in [-0.3, -0.25) is 4.90 Å². The first-order valence-corrected chi connectivity index (χ1v) is 9.49. The van der Waals surface area contributed by atoms with Crippen molar-refractivity contribution in [3.8, 4) is 0 Å². The molecule has 1 saturated heterocycles. The summed E-state index contributed by atoms with van der Waals surface area (Å²) in [6.45, 7) is 9.66. The van der Waals surface area contributed by atoms with Gasteiger partial charge in [-0.1, -0.05) is 46.0 Å². The molecule has 0 aromatic carbocycles. The van der Waals surface area contributed by atoms with E-state index in [9.17, 15) is 4.79 Å². The summed E-state index contributed by atoms with van der Waals surface area (Å²) in [6, 6.07) is -0.0506. The number of hydrogen-bond donors (Lipinski definition) is 2. The number of urea groups is 1. The molecule has 2 amide bonds. The number of nitrogens with one attached hydrogen (secondary N) is 2. The fraction of sp³-hybridized carbons (Fsp3) is 0.944. The number of hydrogen-bond acceptors (Lipinski definition) is 3. The van der Waals surface area contributed by atoms with Crippen LogP contribution in [0.15, 0.2) is 0 Å². The van der Waals surface area contributed by atoms with E-state index in [4.69, 9.17) is 4.74 Å². The molecule has 0 bridgehead atoms. The SMILES string of the molecule is CC(C)CN1CCO[C@H](CNC(=O)NCCC2CCCCC2)C1. The molecule has 1 saturated carbocycles. The minimum absolute atomic E-state index is 0.0506. The van der Waals surface area contributed by atoms with Crippen LogP contribution in [0.3, 0.4) is 0 Å². The second kappa shape index (κ2) is 10.1. The Hall–Kier alpha value is -0.810. The number of amides is 2. The highest BCUT2D eigenvalue weighted by Gasteiger charge is 2.21. The minimum atomic E-state index is -0.0506. The van der Waals surface area contributed by atoms with Crippen LogP contribution < -0.4 is 10.6 Å². The predicted molar refractivity (Wildman–Crippen MR) is 93.6 cm³/mol. The highest BCUT2D eigenvalue weighted by Crippen LogP contribution is 2.25. The van der Waals surface area contributed by atoms with Gasteiger partial charge in [0.05, 0.1) is 12.7 Å². The van der Waals surface area contributed by atoms with Crippen molar-refractivity contribution in [3.63, 3.8) is 0 Å². The van der Waals surface area contributed by atoms with Crippen molar-refractivity contribution < 1.29 is 9.53 Å². The van der Waals surface area contributed by atoms with E-state index >= 15 is 0 Å². The molecule has 0 spiro atoms. The third-order valence-electron chi connectivity index (χ3n) is 4.90. The first kappa shape index (κ1) is 18.5. The smallest absolute Gasteiger partial charge is 0.314 e. The molecule has 5 heteroatoms. The number of ether oxygens (including phenoxy) is 1. The van der Waals surface area contributed by atoms with Gasteiger partial charge in [-0.2, -0.15) is 0 Å². The summed E-state index contributed by atoms with van der Waals surface area (Å²) in [5.74, 6) is 1.49. The summed E-state index contributed by atoms with van der Waals surface area (Å²) in [4.78, 5) is 14.3. The van der Waals surface area contributed by atoms with Crippen LogP contribution in [0.2, 0.25) is 0 Å². The van der Waals surface area contributed by atoms with Gasteiger partial charge in [-0.15, -0.1) is 0 Å². The average molecular weight is 325 g/mol. The molecule has 1 heterocycles. The maximum atomic E-state index is 11.9. The first-order chi connectivity index (χ1) is 11.1. The lowest BCUT2D eigenvalue weighted by atomic mass is 9.87. The highest BCUT2D eigenvalue weighted by molar-refractivity contribution is 5.73. The van der Waals surface area contributed by atoms with Gasteiger partial charge in [0.1, 0.15) is 0 Å². The van der Waals surface area contributed by atoms with Crippen molar-refractivity contribution in [3.05, 3.63) is 0 Å². The van der Waals surface area contributed by atoms with Crippen LogP contribution in [0, 0.1) is 11.8 Å². The fourth-order valence-corrected chi connectivity index (χ4v) is 3.72. The Bertz CT molecular complexity index is 343. The summed E-state index contributed by atoms with van der Waals surface area (Å²) in [7, 11) is 0. The van der Waals surface area contributed by atoms with E-state index in [0.29, 0.717) is 12.5 Å². The number of carbonyl (C=O) groups is 1. The zero-order chi connectivity index (χ0) is 16.5. The quantitative estimate of drug-likeness (QED) is 0.756. The van der Waals surface area contributed by atoms with Crippen LogP contribution in [-0.2, 0) is 4.74 Å². The standard InChI is InChI=1S/C18H35N3O2/c1-15(2)13-21-10-11-23-17(14-21)12-20-18(22)19-9-8-16-6-4-3-5-7-16/h15-17H,3-14H2,1-2H3,(H2,19,20,22)/t17-/m1/s1. The largest absolute Gasteiger partial charge is 0.374 e. The third kappa shape index (κ3) is 7.53. The molecule has 0 aromatic heterocycles. The lowest BCUT2D eigenvalue weighted by molar-refractivity contribution is -0.0290. The summed E-state index contributed by atoms with van der Waals surface area (Å²) in [6.07, 6.45) is 8.03. The molecule has 0 unspecified atom stereocenters. The molecule has 2 fully saturated rings. The molecular formula is C18H35N3O2. The normalized spacial score (nSPS) is 23.9. The molecule has 23 heavy (non-hydrogen) atoms. The molecule has 1 aliphatic carbocycles. The van der Waals surface area contributed by atoms with Gasteiger partial charge in [-0.25, -0.2) is 4.79 Å². The second-order valence-corrected chi connectivity index (χ2v) is 7.58. The molecule has 1 atom stereocenters. The van der Waals surface area contributed by atoms with E-state index in [1.165, 1.54) is 32.1 Å². The molecule has 134 valence electrons. The van der Waals surface area contributed by atoms with E-state index in [1.807, 2.05) is 0 Å². The molecule has 0 aromatic rings. The molecule has 0 radical (unpaired) electrons. The van der Waals surface area contributed by atoms with Crippen molar-refractivity contribution in [2.24, 2.45) is 11.8 Å². The van der Waals surface area contributed by atoms with Crippen molar-refractivity contribution in [1.82, 2.24) is 15.5 Å². The molecular weight excluding hydrogens is 290 g/mol. The molecule has 1 aliphatic heterocycles. The Kier molecular flexibility index (Phi) is 8.17. The van der Waals surface area contributed by atoms with Crippen LogP contribution in [0.5, 0.6) is 0 Å². The van der Waals surface area contributed by atoms with Gasteiger partial charge < -0.3 is 15.4 Å². The number of nitrogens with zero attached hydrogens (tertiary/aromatic N) is 1. The lowest BCUT2D eigenvalue weighted by Gasteiger charge is -2.33. The number of rotatable bonds is 7. The van der Waals surface area contributed by atoms with Crippen molar-refractivity contribution >= 4 is 6.03 Å². The average Bonchev–Trinajstić information content (AvgIpc) is 2.54. The molecule has 2 N–H and O–H groups in total. The van der Waals surface area contributed by atoms with Crippen LogP contribution in [0.4, 0.5) is 4.79 Å². The summed E-state index contributed by atoms with van der Waals surface area (Å²) in [5, 5.41) is 5.96. The molecule has 5 nitrogen and oxygen atoms in total. The summed E-state index contributed by atoms with van der Waals surface area (Å²) < 4.78 is 5.76. The van der Waals surface area contributed by atoms with Gasteiger partial charge in [0.15, 0.2) is 0 Å². The highest BCUT2D eigenvalue weighted by atomic mass is 16.5. The van der Waals surface area contributed by atoms with E-state index in [1.54, 1.807) is 0 Å².